The number of anilines is 1. The van der Waals surface area contributed by atoms with Crippen LogP contribution in [0.25, 0.3) is 0 Å². The molecular weight excluding hydrogens is 170 g/mol. The van der Waals surface area contributed by atoms with Gasteiger partial charge in [0, 0.05) is 12.2 Å². The molecule has 0 heterocycles. The van der Waals surface area contributed by atoms with Crippen molar-refractivity contribution >= 4 is 5.69 Å². The molecule has 1 aliphatic rings. The lowest BCUT2D eigenvalue weighted by Crippen LogP contribution is -2.04. The zero-order valence-electron chi connectivity index (χ0n) is 9.30. The summed E-state index contributed by atoms with van der Waals surface area (Å²) in [5, 5.41) is 3.52. The van der Waals surface area contributed by atoms with Crippen molar-refractivity contribution in [3.8, 4) is 0 Å². The van der Waals surface area contributed by atoms with Gasteiger partial charge in [0.1, 0.15) is 0 Å². The molecule has 1 heteroatoms. The lowest BCUT2D eigenvalue weighted by Gasteiger charge is -2.07. The van der Waals surface area contributed by atoms with Crippen molar-refractivity contribution in [3.05, 3.63) is 29.3 Å². The fraction of sp³-hybridized carbons (Fsp3) is 0.538. The second-order valence-electron chi connectivity index (χ2n) is 4.73. The van der Waals surface area contributed by atoms with Crippen LogP contribution in [-0.4, -0.2) is 6.54 Å². The summed E-state index contributed by atoms with van der Waals surface area (Å²) >= 11 is 0. The van der Waals surface area contributed by atoms with E-state index in [0.717, 1.165) is 18.4 Å². The van der Waals surface area contributed by atoms with Gasteiger partial charge in [0.05, 0.1) is 0 Å². The second kappa shape index (κ2) is 3.64. The third kappa shape index (κ3) is 2.28. The number of hydrogen-bond donors (Lipinski definition) is 1. The van der Waals surface area contributed by atoms with Gasteiger partial charge in [-0.25, -0.2) is 0 Å². The van der Waals surface area contributed by atoms with E-state index in [-0.39, 0.29) is 0 Å². The average Bonchev–Trinajstić information content (AvgIpc) is 2.77. The maximum Gasteiger partial charge on any atom is 0.0345 e. The first-order valence-electron chi connectivity index (χ1n) is 5.47. The molecule has 2 rings (SSSR count). The molecule has 0 spiro atoms. The topological polar surface area (TPSA) is 12.0 Å². The van der Waals surface area contributed by atoms with Crippen molar-refractivity contribution in [2.45, 2.75) is 27.2 Å². The van der Waals surface area contributed by atoms with Gasteiger partial charge in [0.25, 0.3) is 0 Å². The molecule has 0 saturated heterocycles. The molecule has 0 radical (unpaired) electrons. The molecule has 1 saturated carbocycles. The molecule has 2 atom stereocenters. The summed E-state index contributed by atoms with van der Waals surface area (Å²) in [6.07, 6.45) is 1.40. The van der Waals surface area contributed by atoms with Crippen molar-refractivity contribution in [3.63, 3.8) is 0 Å². The summed E-state index contributed by atoms with van der Waals surface area (Å²) < 4.78 is 0. The summed E-state index contributed by atoms with van der Waals surface area (Å²) in [5.74, 6) is 1.85. The first kappa shape index (κ1) is 9.57. The van der Waals surface area contributed by atoms with E-state index in [4.69, 9.17) is 0 Å². The fourth-order valence-corrected chi connectivity index (χ4v) is 2.01. The van der Waals surface area contributed by atoms with E-state index in [0.29, 0.717) is 0 Å². The predicted molar refractivity (Wildman–Crippen MR) is 61.7 cm³/mol. The molecular formula is C13H19N. The number of nitrogens with one attached hydrogen (secondary N) is 1. The largest absolute Gasteiger partial charge is 0.385 e. The van der Waals surface area contributed by atoms with Crippen LogP contribution >= 0.6 is 0 Å². The van der Waals surface area contributed by atoms with Crippen LogP contribution in [0, 0.1) is 25.7 Å². The molecule has 0 aliphatic heterocycles. The highest BCUT2D eigenvalue weighted by molar-refractivity contribution is 5.48. The van der Waals surface area contributed by atoms with E-state index in [1.807, 2.05) is 0 Å². The molecule has 1 nitrogen and oxygen atoms in total. The number of benzene rings is 1. The van der Waals surface area contributed by atoms with Crippen LogP contribution in [0.15, 0.2) is 18.2 Å². The van der Waals surface area contributed by atoms with Gasteiger partial charge < -0.3 is 5.32 Å². The highest BCUT2D eigenvalue weighted by Crippen LogP contribution is 2.37. The molecule has 0 aromatic heterocycles. The van der Waals surface area contributed by atoms with Crippen molar-refractivity contribution in [2.75, 3.05) is 11.9 Å². The molecule has 76 valence electrons. The summed E-state index contributed by atoms with van der Waals surface area (Å²) in [6, 6.07) is 6.66. The van der Waals surface area contributed by atoms with Crippen molar-refractivity contribution in [2.24, 2.45) is 11.8 Å². The van der Waals surface area contributed by atoms with E-state index in [1.54, 1.807) is 0 Å². The summed E-state index contributed by atoms with van der Waals surface area (Å²) in [6.45, 7) is 7.77. The number of aryl methyl sites for hydroxylation is 2. The normalized spacial score (nSPS) is 24.8. The highest BCUT2D eigenvalue weighted by Gasteiger charge is 2.31. The van der Waals surface area contributed by atoms with Gasteiger partial charge in [-0.15, -0.1) is 0 Å². The molecule has 14 heavy (non-hydrogen) atoms. The predicted octanol–water partition coefficient (Wildman–Crippen LogP) is 3.37. The van der Waals surface area contributed by atoms with Crippen LogP contribution in [0.5, 0.6) is 0 Å². The number of hydrogen-bond acceptors (Lipinski definition) is 1. The van der Waals surface area contributed by atoms with Crippen molar-refractivity contribution < 1.29 is 0 Å². The van der Waals surface area contributed by atoms with E-state index < -0.39 is 0 Å². The molecule has 1 aromatic carbocycles. The third-order valence-corrected chi connectivity index (χ3v) is 3.07. The van der Waals surface area contributed by atoms with Crippen LogP contribution in [-0.2, 0) is 0 Å². The van der Waals surface area contributed by atoms with Crippen molar-refractivity contribution in [1.29, 1.82) is 0 Å². The van der Waals surface area contributed by atoms with E-state index in [2.05, 4.69) is 44.3 Å². The quantitative estimate of drug-likeness (QED) is 0.768. The maximum atomic E-state index is 3.52. The van der Waals surface area contributed by atoms with E-state index in [9.17, 15) is 0 Å². The Bertz CT molecular complexity index is 310. The minimum Gasteiger partial charge on any atom is -0.385 e. The van der Waals surface area contributed by atoms with E-state index >= 15 is 0 Å². The Balaban J connectivity index is 1.95. The van der Waals surface area contributed by atoms with Gasteiger partial charge in [-0.05, 0) is 55.4 Å². The lowest BCUT2D eigenvalue weighted by molar-refractivity contribution is 0.787. The molecule has 1 fully saturated rings. The Morgan fingerprint density at radius 3 is 2.29 bits per heavy atom. The zero-order chi connectivity index (χ0) is 10.1. The lowest BCUT2D eigenvalue weighted by atomic mass is 10.1. The minimum atomic E-state index is 0.913. The molecule has 0 bridgehead atoms. The number of rotatable bonds is 3. The Kier molecular flexibility index (Phi) is 2.49. The van der Waals surface area contributed by atoms with Gasteiger partial charge in [-0.2, -0.15) is 0 Å². The maximum absolute atomic E-state index is 3.52. The summed E-state index contributed by atoms with van der Waals surface area (Å²) in [5.41, 5.74) is 3.97. The van der Waals surface area contributed by atoms with Gasteiger partial charge in [0.2, 0.25) is 0 Å². The van der Waals surface area contributed by atoms with E-state index in [1.165, 1.54) is 23.2 Å². The second-order valence-corrected chi connectivity index (χ2v) is 4.73. The first-order chi connectivity index (χ1) is 6.65. The van der Waals surface area contributed by atoms with Crippen LogP contribution < -0.4 is 5.32 Å². The Morgan fingerprint density at radius 1 is 1.21 bits per heavy atom. The monoisotopic (exact) mass is 189 g/mol. The molecule has 0 amide bonds. The van der Waals surface area contributed by atoms with Crippen LogP contribution in [0.3, 0.4) is 0 Å². The Morgan fingerprint density at radius 2 is 1.79 bits per heavy atom. The molecule has 1 aromatic rings. The van der Waals surface area contributed by atoms with Gasteiger partial charge in [-0.1, -0.05) is 13.0 Å². The molecule has 1 aliphatic carbocycles. The Hall–Kier alpha value is -0.980. The van der Waals surface area contributed by atoms with Gasteiger partial charge in [0.15, 0.2) is 0 Å². The van der Waals surface area contributed by atoms with Crippen molar-refractivity contribution in [1.82, 2.24) is 0 Å². The Labute approximate surface area is 86.5 Å². The minimum absolute atomic E-state index is 0.913. The van der Waals surface area contributed by atoms with Crippen LogP contribution in [0.4, 0.5) is 5.69 Å². The van der Waals surface area contributed by atoms with Crippen LogP contribution in [0.1, 0.15) is 24.5 Å². The SMILES string of the molecule is Cc1cc(C)cc(NCC2CC2C)c1. The average molecular weight is 189 g/mol. The third-order valence-electron chi connectivity index (χ3n) is 3.07. The molecule has 1 N–H and O–H groups in total. The van der Waals surface area contributed by atoms with Gasteiger partial charge in [-0.3, -0.25) is 0 Å². The summed E-state index contributed by atoms with van der Waals surface area (Å²) in [4.78, 5) is 0. The molecule has 2 unspecified atom stereocenters. The highest BCUT2D eigenvalue weighted by atomic mass is 14.9. The zero-order valence-corrected chi connectivity index (χ0v) is 9.30. The summed E-state index contributed by atoms with van der Waals surface area (Å²) in [7, 11) is 0. The van der Waals surface area contributed by atoms with Gasteiger partial charge >= 0.3 is 0 Å². The fourth-order valence-electron chi connectivity index (χ4n) is 2.01. The smallest absolute Gasteiger partial charge is 0.0345 e. The van der Waals surface area contributed by atoms with Crippen LogP contribution in [0.2, 0.25) is 0 Å². The first-order valence-corrected chi connectivity index (χ1v) is 5.47. The standard InChI is InChI=1S/C13H19N/c1-9-4-10(2)6-13(5-9)14-8-12-7-11(12)3/h4-6,11-12,14H,7-8H2,1-3H3.